The van der Waals surface area contributed by atoms with Crippen molar-refractivity contribution in [3.05, 3.63) is 95.6 Å². The Morgan fingerprint density at radius 2 is 1.36 bits per heavy atom. The first kappa shape index (κ1) is 58.9. The first-order chi connectivity index (χ1) is 35.1. The van der Waals surface area contributed by atoms with Crippen LogP contribution in [0.2, 0.25) is 0 Å². The summed E-state index contributed by atoms with van der Waals surface area (Å²) >= 11 is 0. The number of hydrogen-bond donors (Lipinski definition) is 2. The average Bonchev–Trinajstić information content (AvgIpc) is 3.61. The third kappa shape index (κ3) is 19.7. The summed E-state index contributed by atoms with van der Waals surface area (Å²) < 4.78 is 32.8. The number of phenols is 1. The Morgan fingerprint density at radius 1 is 0.712 bits per heavy atom. The van der Waals surface area contributed by atoms with E-state index in [9.17, 15) is 48.6 Å². The molecule has 17 nitrogen and oxygen atoms in total. The molecule has 3 aromatic rings. The first-order valence-corrected chi connectivity index (χ1v) is 25.4. The van der Waals surface area contributed by atoms with E-state index in [1.807, 2.05) is 44.2 Å². The summed E-state index contributed by atoms with van der Waals surface area (Å²) in [7, 11) is 0. The molecule has 17 heteroatoms. The molecule has 1 saturated heterocycles. The van der Waals surface area contributed by atoms with E-state index in [-0.39, 0.29) is 113 Å². The minimum Gasteiger partial charge on any atom is -0.507 e. The summed E-state index contributed by atoms with van der Waals surface area (Å²) in [5.41, 5.74) is 0.252. The van der Waals surface area contributed by atoms with Gasteiger partial charge in [0.1, 0.15) is 56.2 Å². The van der Waals surface area contributed by atoms with Gasteiger partial charge in [-0.1, -0.05) is 74.0 Å². The lowest BCUT2D eigenvalue weighted by atomic mass is 9.76. The summed E-state index contributed by atoms with van der Waals surface area (Å²) in [5, 5.41) is 19.6. The summed E-state index contributed by atoms with van der Waals surface area (Å²) in [4.78, 5) is 107. The maximum absolute atomic E-state index is 14.2. The molecule has 1 aliphatic heterocycles. The van der Waals surface area contributed by atoms with E-state index < -0.39 is 65.4 Å². The highest BCUT2D eigenvalue weighted by Crippen LogP contribution is 2.36. The van der Waals surface area contributed by atoms with Crippen LogP contribution in [0.4, 0.5) is 0 Å². The second-order valence-electron chi connectivity index (χ2n) is 18.7. The van der Waals surface area contributed by atoms with Crippen molar-refractivity contribution in [2.24, 2.45) is 23.2 Å². The minimum absolute atomic E-state index is 0.00703. The minimum atomic E-state index is -1.30. The monoisotopic (exact) mass is 1020 g/mol. The van der Waals surface area contributed by atoms with Gasteiger partial charge >= 0.3 is 29.8 Å². The second-order valence-corrected chi connectivity index (χ2v) is 18.7. The number of rotatable bonds is 32. The van der Waals surface area contributed by atoms with Gasteiger partial charge in [-0.05, 0) is 96.3 Å². The molecule has 2 N–H and O–H groups in total. The van der Waals surface area contributed by atoms with Gasteiger partial charge in [-0.15, -0.1) is 0 Å². The fourth-order valence-electron chi connectivity index (χ4n) is 8.81. The Hall–Kier alpha value is -6.62. The molecule has 0 spiro atoms. The lowest BCUT2D eigenvalue weighted by molar-refractivity contribution is -0.164. The number of aliphatic hydroxyl groups excluding tert-OH is 1. The van der Waals surface area contributed by atoms with Crippen LogP contribution in [0.5, 0.6) is 11.5 Å². The zero-order chi connectivity index (χ0) is 53.2. The lowest BCUT2D eigenvalue weighted by Gasteiger charge is -2.36. The Labute approximate surface area is 428 Å². The van der Waals surface area contributed by atoms with E-state index >= 15 is 0 Å². The molecule has 0 saturated carbocycles. The number of aromatic hydroxyl groups is 1. The van der Waals surface area contributed by atoms with Gasteiger partial charge < -0.3 is 43.5 Å². The van der Waals surface area contributed by atoms with E-state index in [0.717, 1.165) is 24.8 Å². The van der Waals surface area contributed by atoms with Crippen LogP contribution in [0.3, 0.4) is 0 Å². The smallest absolute Gasteiger partial charge is 0.316 e. The van der Waals surface area contributed by atoms with Crippen molar-refractivity contribution in [3.63, 3.8) is 0 Å². The molecule has 5 atom stereocenters. The number of phenolic OH excluding ortho intramolecular Hbond substituents is 1. The van der Waals surface area contributed by atoms with Crippen LogP contribution in [0, 0.1) is 23.2 Å². The molecule has 1 heterocycles. The third-order valence-corrected chi connectivity index (χ3v) is 13.1. The maximum Gasteiger partial charge on any atom is 0.316 e. The number of ether oxygens (including phenoxy) is 6. The lowest BCUT2D eigenvalue weighted by Crippen LogP contribution is -2.44. The quantitative estimate of drug-likeness (QED) is 0.0205. The Morgan fingerprint density at radius 3 is 2.04 bits per heavy atom. The molecule has 398 valence electrons. The number of carbonyl (C=O) groups is 8. The van der Waals surface area contributed by atoms with Crippen LogP contribution < -0.4 is 4.74 Å². The molecule has 5 unspecified atom stereocenters. The van der Waals surface area contributed by atoms with Gasteiger partial charge in [-0.25, -0.2) is 0 Å². The number of esters is 5. The van der Waals surface area contributed by atoms with Gasteiger partial charge in [0.25, 0.3) is 0 Å². The Kier molecular flexibility index (Phi) is 25.1. The highest BCUT2D eigenvalue weighted by Gasteiger charge is 2.40. The molecular formula is C56H73NO16. The molecule has 73 heavy (non-hydrogen) atoms. The zero-order valence-electron chi connectivity index (χ0n) is 42.7. The molecule has 0 radical (unpaired) electrons. The molecule has 0 aliphatic carbocycles. The van der Waals surface area contributed by atoms with Crippen molar-refractivity contribution >= 4 is 47.3 Å². The number of aliphatic hydroxyl groups is 1. The van der Waals surface area contributed by atoms with Crippen molar-refractivity contribution in [3.8, 4) is 11.5 Å². The van der Waals surface area contributed by atoms with E-state index in [4.69, 9.17) is 28.4 Å². The van der Waals surface area contributed by atoms with E-state index in [2.05, 4.69) is 0 Å². The molecule has 0 bridgehead atoms. The van der Waals surface area contributed by atoms with Gasteiger partial charge in [0, 0.05) is 43.5 Å². The maximum atomic E-state index is 14.2. The largest absolute Gasteiger partial charge is 0.507 e. The van der Waals surface area contributed by atoms with E-state index in [1.165, 1.54) is 25.1 Å². The summed E-state index contributed by atoms with van der Waals surface area (Å²) in [6.07, 6.45) is 4.40. The van der Waals surface area contributed by atoms with Crippen molar-refractivity contribution in [1.29, 1.82) is 0 Å². The fraction of sp³-hybridized carbons (Fsp3) is 0.536. The van der Waals surface area contributed by atoms with Crippen molar-refractivity contribution in [2.45, 2.75) is 117 Å². The zero-order valence-corrected chi connectivity index (χ0v) is 42.7. The first-order valence-electron chi connectivity index (χ1n) is 25.4. The molecule has 1 aliphatic rings. The number of nitrogens with zero attached hydrogens (tertiary/aromatic N) is 1. The molecule has 3 aromatic carbocycles. The van der Waals surface area contributed by atoms with Crippen LogP contribution in [0.15, 0.2) is 78.9 Å². The van der Waals surface area contributed by atoms with Crippen LogP contribution in [0.1, 0.15) is 126 Å². The van der Waals surface area contributed by atoms with Crippen molar-refractivity contribution in [1.82, 2.24) is 4.90 Å². The van der Waals surface area contributed by atoms with Crippen molar-refractivity contribution in [2.75, 3.05) is 52.8 Å². The number of benzene rings is 3. The number of carbonyl (C=O) groups excluding carboxylic acids is 8. The molecular weight excluding hydrogens is 943 g/mol. The molecule has 4 rings (SSSR count). The van der Waals surface area contributed by atoms with E-state index in [1.54, 1.807) is 42.2 Å². The van der Waals surface area contributed by atoms with E-state index in [0.29, 0.717) is 37.8 Å². The fourth-order valence-corrected chi connectivity index (χ4v) is 8.81. The predicted molar refractivity (Wildman–Crippen MR) is 267 cm³/mol. The SMILES string of the molecule is CCC(CCC(CCC(C)(CC(C)N1CCCCCC1=O)C(=O)OCCOC(=O)C(CCC(=O)OCCOc1ccc(C(=O)c2ccccc2)c(O)c1)C(C)=O)C(=O)OCCc1ccccc1)C(=O)OCCO. The van der Waals surface area contributed by atoms with Gasteiger partial charge in [-0.2, -0.15) is 0 Å². The standard InChI is InChI=1S/C56H73NO16/c1-5-42(52(64)71-32-30-58)20-21-44(53(65)70-31-27-41-15-9-6-10-16-41)26-28-56(4,38-39(2)57-29-14-8-13-19-49(57)61)55(67)73-36-35-72-54(66)46(40(3)59)24-25-50(62)69-34-33-68-45-22-23-47(48(60)37-45)51(63)43-17-11-7-12-18-43/h6-7,9-12,15-18,22-23,37,39,42,44,46,58,60H,5,8,13-14,19-21,24-36,38H2,1-4H3. The van der Waals surface area contributed by atoms with Crippen molar-refractivity contribution < 1.29 is 77.0 Å². The van der Waals surface area contributed by atoms with Gasteiger partial charge in [0.2, 0.25) is 5.91 Å². The second kappa shape index (κ2) is 31.1. The summed E-state index contributed by atoms with van der Waals surface area (Å²) in [6, 6.07) is 21.9. The number of Topliss-reactive ketones (excluding diaryl/α,β-unsaturated/α-hetero) is 1. The molecule has 1 fully saturated rings. The molecule has 1 amide bonds. The topological polar surface area (TPSA) is 236 Å². The predicted octanol–water partition coefficient (Wildman–Crippen LogP) is 7.33. The van der Waals surface area contributed by atoms with Crippen LogP contribution in [-0.4, -0.2) is 121 Å². The molecule has 0 aromatic heterocycles. The van der Waals surface area contributed by atoms with Gasteiger partial charge in [0.05, 0.1) is 36.0 Å². The third-order valence-electron chi connectivity index (χ3n) is 13.1. The normalized spacial score (nSPS) is 15.0. The highest BCUT2D eigenvalue weighted by molar-refractivity contribution is 6.10. The van der Waals surface area contributed by atoms with Crippen LogP contribution >= 0.6 is 0 Å². The summed E-state index contributed by atoms with van der Waals surface area (Å²) in [6.45, 7) is 5.79. The Bertz CT molecular complexity index is 2270. The van der Waals surface area contributed by atoms with Crippen LogP contribution in [-0.2, 0) is 63.7 Å². The summed E-state index contributed by atoms with van der Waals surface area (Å²) in [5.74, 6) is -6.71. The number of likely N-dealkylation sites (tertiary alicyclic amines) is 1. The van der Waals surface area contributed by atoms with Gasteiger partial charge in [0.15, 0.2) is 5.78 Å². The number of ketones is 2. The highest BCUT2D eigenvalue weighted by atomic mass is 16.6. The average molecular weight is 1020 g/mol. The van der Waals surface area contributed by atoms with Crippen LogP contribution in [0.25, 0.3) is 0 Å². The number of hydrogen-bond acceptors (Lipinski definition) is 16. The van der Waals surface area contributed by atoms with Gasteiger partial charge in [-0.3, -0.25) is 38.4 Å². The Balaban J connectivity index is 1.33. The number of amides is 1.